The molecule has 0 bridgehead atoms. The second-order valence-electron chi connectivity index (χ2n) is 3.31. The molecule has 9 nitrogen and oxygen atoms in total. The van der Waals surface area contributed by atoms with Crippen molar-refractivity contribution in [1.29, 1.82) is 0 Å². The lowest BCUT2D eigenvalue weighted by molar-refractivity contribution is 0.0588. The summed E-state index contributed by atoms with van der Waals surface area (Å²) in [7, 11) is 2.78. The fourth-order valence-electron chi connectivity index (χ4n) is 1.39. The molecule has 0 amide bonds. The van der Waals surface area contributed by atoms with E-state index in [1.807, 2.05) is 0 Å². The van der Waals surface area contributed by atoms with Crippen molar-refractivity contribution < 1.29 is 18.8 Å². The molecule has 2 heterocycles. The summed E-state index contributed by atoms with van der Waals surface area (Å²) >= 11 is 0. The van der Waals surface area contributed by atoms with Crippen LogP contribution in [0.3, 0.4) is 0 Å². The van der Waals surface area contributed by atoms with Crippen molar-refractivity contribution in [3.63, 3.8) is 0 Å². The maximum Gasteiger partial charge on any atom is 0.360 e. The van der Waals surface area contributed by atoms with Gasteiger partial charge in [0.05, 0.1) is 19.4 Å². The van der Waals surface area contributed by atoms with Gasteiger partial charge in [0.15, 0.2) is 11.5 Å². The van der Waals surface area contributed by atoms with Gasteiger partial charge in [-0.25, -0.2) is 9.48 Å². The second-order valence-corrected chi connectivity index (χ2v) is 3.31. The highest BCUT2D eigenvalue weighted by Crippen LogP contribution is 2.09. The first-order valence-corrected chi connectivity index (χ1v) is 5.01. The molecule has 0 aliphatic rings. The molecule has 9 heteroatoms. The maximum atomic E-state index is 11.5. The van der Waals surface area contributed by atoms with Crippen molar-refractivity contribution in [2.45, 2.75) is 13.2 Å². The highest BCUT2D eigenvalue weighted by molar-refractivity contribution is 5.88. The Bertz CT molecular complexity index is 521. The highest BCUT2D eigenvalue weighted by Gasteiger charge is 2.20. The zero-order valence-corrected chi connectivity index (χ0v) is 9.86. The summed E-state index contributed by atoms with van der Waals surface area (Å²) in [5.41, 5.74) is 0.608. The van der Waals surface area contributed by atoms with Crippen molar-refractivity contribution in [2.75, 3.05) is 14.2 Å². The predicted molar refractivity (Wildman–Crippen MR) is 55.5 cm³/mol. The van der Waals surface area contributed by atoms with Crippen LogP contribution in [0.1, 0.15) is 22.0 Å². The minimum absolute atomic E-state index is 0.114. The zero-order valence-electron chi connectivity index (χ0n) is 9.86. The van der Waals surface area contributed by atoms with Crippen LogP contribution >= 0.6 is 0 Å². The first kappa shape index (κ1) is 12.2. The molecular weight excluding hydrogens is 242 g/mol. The third kappa shape index (κ3) is 2.35. The third-order valence-corrected chi connectivity index (χ3v) is 2.20. The molecular formula is C9H11N5O4. The number of ether oxygens (including phenoxy) is 2. The van der Waals surface area contributed by atoms with Crippen LogP contribution in [0.15, 0.2) is 10.9 Å². The molecule has 0 atom stereocenters. The van der Waals surface area contributed by atoms with Crippen molar-refractivity contribution in [3.8, 4) is 0 Å². The average molecular weight is 253 g/mol. The van der Waals surface area contributed by atoms with Gasteiger partial charge < -0.3 is 14.0 Å². The van der Waals surface area contributed by atoms with E-state index in [1.54, 1.807) is 0 Å². The fourth-order valence-corrected chi connectivity index (χ4v) is 1.39. The molecule has 2 aromatic rings. The van der Waals surface area contributed by atoms with Crippen LogP contribution in [-0.2, 0) is 22.6 Å². The van der Waals surface area contributed by atoms with E-state index < -0.39 is 5.97 Å². The Labute approximate surface area is 102 Å². The number of methoxy groups -OCH3 is 2. The summed E-state index contributed by atoms with van der Waals surface area (Å²) in [6.45, 7) is 0.411. The Morgan fingerprint density at radius 3 is 2.94 bits per heavy atom. The monoisotopic (exact) mass is 253 g/mol. The highest BCUT2D eigenvalue weighted by atomic mass is 16.5. The van der Waals surface area contributed by atoms with Crippen LogP contribution in [-0.4, -0.2) is 45.3 Å². The van der Waals surface area contributed by atoms with E-state index in [9.17, 15) is 4.79 Å². The zero-order chi connectivity index (χ0) is 13.0. The number of hydrogen-bond acceptors (Lipinski definition) is 8. The first-order chi connectivity index (χ1) is 8.76. The van der Waals surface area contributed by atoms with E-state index in [4.69, 9.17) is 4.74 Å². The lowest BCUT2D eigenvalue weighted by Crippen LogP contribution is -2.12. The number of esters is 1. The summed E-state index contributed by atoms with van der Waals surface area (Å²) < 4.78 is 15.7. The molecule has 0 unspecified atom stereocenters. The van der Waals surface area contributed by atoms with Gasteiger partial charge in [-0.05, 0) is 0 Å². The number of carbonyl (C=O) groups excluding carboxylic acids is 1. The van der Waals surface area contributed by atoms with Gasteiger partial charge in [0.1, 0.15) is 6.54 Å². The molecule has 2 rings (SSSR count). The molecule has 0 aliphatic carbocycles. The van der Waals surface area contributed by atoms with Gasteiger partial charge in [0, 0.05) is 7.11 Å². The van der Waals surface area contributed by atoms with Gasteiger partial charge in [-0.3, -0.25) is 0 Å². The van der Waals surface area contributed by atoms with Crippen LogP contribution in [0.25, 0.3) is 0 Å². The van der Waals surface area contributed by atoms with Gasteiger partial charge in [0.25, 0.3) is 0 Å². The molecule has 0 saturated heterocycles. The quantitative estimate of drug-likeness (QED) is 0.665. The Morgan fingerprint density at radius 1 is 1.50 bits per heavy atom. The Morgan fingerprint density at radius 2 is 2.33 bits per heavy atom. The first-order valence-electron chi connectivity index (χ1n) is 5.01. The van der Waals surface area contributed by atoms with Crippen LogP contribution in [0.5, 0.6) is 0 Å². The van der Waals surface area contributed by atoms with Gasteiger partial charge >= 0.3 is 5.97 Å². The third-order valence-electron chi connectivity index (χ3n) is 2.20. The fraction of sp³-hybridized carbons (Fsp3) is 0.444. The predicted octanol–water partition coefficient (Wildman–Crippen LogP) is -0.358. The van der Waals surface area contributed by atoms with Crippen LogP contribution in [0.2, 0.25) is 0 Å². The number of aromatic nitrogens is 5. The smallest absolute Gasteiger partial charge is 0.360 e. The van der Waals surface area contributed by atoms with Crippen LogP contribution < -0.4 is 0 Å². The molecule has 0 radical (unpaired) electrons. The van der Waals surface area contributed by atoms with E-state index in [2.05, 4.69) is 29.7 Å². The molecule has 2 aromatic heterocycles. The summed E-state index contributed by atoms with van der Waals surface area (Å²) in [6.07, 6.45) is 1.21. The van der Waals surface area contributed by atoms with Crippen LogP contribution in [0, 0.1) is 0 Å². The Kier molecular flexibility index (Phi) is 3.63. The molecule has 96 valence electrons. The number of rotatable bonds is 5. The maximum absolute atomic E-state index is 11.5. The molecule has 0 saturated carbocycles. The number of carbonyl (C=O) groups is 1. The van der Waals surface area contributed by atoms with E-state index in [1.165, 1.54) is 25.3 Å². The average Bonchev–Trinajstić information content (AvgIpc) is 3.01. The van der Waals surface area contributed by atoms with E-state index in [0.29, 0.717) is 11.5 Å². The minimum Gasteiger partial charge on any atom is -0.464 e. The largest absolute Gasteiger partial charge is 0.464 e. The van der Waals surface area contributed by atoms with E-state index in [-0.39, 0.29) is 18.8 Å². The lowest BCUT2D eigenvalue weighted by Gasteiger charge is -2.04. The summed E-state index contributed by atoms with van der Waals surface area (Å²) in [6, 6.07) is 0. The SMILES string of the molecule is COCc1c(C(=O)OC)nnn1Cc1ncon1. The van der Waals surface area contributed by atoms with Crippen molar-refractivity contribution in [2.24, 2.45) is 0 Å². The topological polar surface area (TPSA) is 105 Å². The molecule has 18 heavy (non-hydrogen) atoms. The standard InChI is InChI=1S/C9H11N5O4/c1-16-4-6-8(9(15)17-2)11-13-14(6)3-7-10-5-18-12-7/h5H,3-4H2,1-2H3. The molecule has 0 spiro atoms. The summed E-state index contributed by atoms with van der Waals surface area (Å²) in [5, 5.41) is 11.3. The van der Waals surface area contributed by atoms with Gasteiger partial charge in [-0.2, -0.15) is 4.98 Å². The summed E-state index contributed by atoms with van der Waals surface area (Å²) in [5.74, 6) is -0.143. The minimum atomic E-state index is -0.568. The van der Waals surface area contributed by atoms with Crippen LogP contribution in [0.4, 0.5) is 0 Å². The Hall–Kier alpha value is -2.29. The summed E-state index contributed by atoms with van der Waals surface area (Å²) in [4.78, 5) is 15.3. The lowest BCUT2D eigenvalue weighted by atomic mass is 10.3. The van der Waals surface area contributed by atoms with Gasteiger partial charge in [-0.1, -0.05) is 10.4 Å². The second kappa shape index (κ2) is 5.36. The van der Waals surface area contributed by atoms with E-state index in [0.717, 1.165) is 0 Å². The van der Waals surface area contributed by atoms with Gasteiger partial charge in [0.2, 0.25) is 6.39 Å². The molecule has 0 fully saturated rings. The molecule has 0 N–H and O–H groups in total. The molecule has 0 aromatic carbocycles. The van der Waals surface area contributed by atoms with Crippen molar-refractivity contribution in [3.05, 3.63) is 23.6 Å². The van der Waals surface area contributed by atoms with Crippen molar-refractivity contribution in [1.82, 2.24) is 25.1 Å². The Balaban J connectivity index is 2.29. The van der Waals surface area contributed by atoms with Crippen molar-refractivity contribution >= 4 is 5.97 Å². The number of hydrogen-bond donors (Lipinski definition) is 0. The normalized spacial score (nSPS) is 10.6. The number of nitrogens with zero attached hydrogens (tertiary/aromatic N) is 5. The van der Waals surface area contributed by atoms with Gasteiger partial charge in [-0.15, -0.1) is 5.10 Å². The van der Waals surface area contributed by atoms with E-state index >= 15 is 0 Å². The molecule has 0 aliphatic heterocycles.